The Morgan fingerprint density at radius 1 is 1.41 bits per heavy atom. The Kier molecular flexibility index (Phi) is 3.36. The molecule has 2 aromatic rings. The summed E-state index contributed by atoms with van der Waals surface area (Å²) in [6.45, 7) is 0.728. The van der Waals surface area contributed by atoms with Crippen molar-refractivity contribution in [3.05, 3.63) is 52.8 Å². The minimum absolute atomic E-state index is 0.476. The minimum atomic E-state index is 0.476. The van der Waals surface area contributed by atoms with Crippen LogP contribution in [0.15, 0.2) is 36.5 Å². The van der Waals surface area contributed by atoms with Crippen LogP contribution in [0, 0.1) is 11.3 Å². The van der Waals surface area contributed by atoms with Crippen molar-refractivity contribution in [1.29, 1.82) is 5.26 Å². The Hall–Kier alpha value is -1.92. The zero-order chi connectivity index (χ0) is 12.3. The first-order chi connectivity index (χ1) is 8.20. The summed E-state index contributed by atoms with van der Waals surface area (Å²) >= 11 is 5.95. The van der Waals surface area contributed by atoms with Crippen LogP contribution in [0.25, 0.3) is 0 Å². The van der Waals surface area contributed by atoms with E-state index in [1.807, 2.05) is 31.4 Å². The maximum atomic E-state index is 8.77. The fourth-order valence-electron chi connectivity index (χ4n) is 1.59. The van der Waals surface area contributed by atoms with E-state index >= 15 is 0 Å². The van der Waals surface area contributed by atoms with E-state index in [1.165, 1.54) is 5.69 Å². The SMILES string of the molecule is Cn1cccc1CNc1ccc(C#N)c(Cl)c1. The van der Waals surface area contributed by atoms with Gasteiger partial charge in [0.2, 0.25) is 0 Å². The van der Waals surface area contributed by atoms with Gasteiger partial charge in [0.05, 0.1) is 17.1 Å². The van der Waals surface area contributed by atoms with Crippen molar-refractivity contribution < 1.29 is 0 Å². The molecule has 0 aliphatic heterocycles. The average molecular weight is 246 g/mol. The number of rotatable bonds is 3. The van der Waals surface area contributed by atoms with Gasteiger partial charge in [0.15, 0.2) is 0 Å². The second kappa shape index (κ2) is 4.94. The van der Waals surface area contributed by atoms with E-state index in [1.54, 1.807) is 12.1 Å². The van der Waals surface area contributed by atoms with Gasteiger partial charge in [0, 0.05) is 24.6 Å². The molecule has 17 heavy (non-hydrogen) atoms. The Morgan fingerprint density at radius 3 is 2.82 bits per heavy atom. The number of benzene rings is 1. The first kappa shape index (κ1) is 11.6. The molecule has 2 rings (SSSR count). The van der Waals surface area contributed by atoms with Crippen LogP contribution in [0.1, 0.15) is 11.3 Å². The summed E-state index contributed by atoms with van der Waals surface area (Å²) < 4.78 is 2.05. The van der Waals surface area contributed by atoms with Crippen molar-refractivity contribution in [2.75, 3.05) is 5.32 Å². The number of nitriles is 1. The monoisotopic (exact) mass is 245 g/mol. The molecular weight excluding hydrogens is 234 g/mol. The third kappa shape index (κ3) is 2.61. The number of aromatic nitrogens is 1. The number of halogens is 1. The third-order valence-corrected chi connectivity index (χ3v) is 2.93. The molecule has 0 aliphatic carbocycles. The van der Waals surface area contributed by atoms with E-state index in [4.69, 9.17) is 16.9 Å². The summed E-state index contributed by atoms with van der Waals surface area (Å²) in [7, 11) is 2.00. The van der Waals surface area contributed by atoms with Gasteiger partial charge in [0.25, 0.3) is 0 Å². The smallest absolute Gasteiger partial charge is 0.101 e. The van der Waals surface area contributed by atoms with E-state index < -0.39 is 0 Å². The molecule has 0 saturated carbocycles. The standard InChI is InChI=1S/C13H12ClN3/c1-17-6-2-3-12(17)9-16-11-5-4-10(8-15)13(14)7-11/h2-7,16H,9H2,1H3. The van der Waals surface area contributed by atoms with E-state index in [0.717, 1.165) is 12.2 Å². The van der Waals surface area contributed by atoms with Gasteiger partial charge in [0.1, 0.15) is 6.07 Å². The van der Waals surface area contributed by atoms with Crippen LogP contribution in [0.4, 0.5) is 5.69 Å². The van der Waals surface area contributed by atoms with Gasteiger partial charge < -0.3 is 9.88 Å². The highest BCUT2D eigenvalue weighted by atomic mass is 35.5. The highest BCUT2D eigenvalue weighted by molar-refractivity contribution is 6.32. The Bertz CT molecular complexity index is 566. The molecule has 0 atom stereocenters. The van der Waals surface area contributed by atoms with Crippen LogP contribution in [0.5, 0.6) is 0 Å². The van der Waals surface area contributed by atoms with Crippen LogP contribution in [0.2, 0.25) is 5.02 Å². The maximum Gasteiger partial charge on any atom is 0.101 e. The van der Waals surface area contributed by atoms with E-state index in [0.29, 0.717) is 10.6 Å². The molecule has 3 nitrogen and oxygen atoms in total. The van der Waals surface area contributed by atoms with Crippen molar-refractivity contribution in [2.24, 2.45) is 7.05 Å². The van der Waals surface area contributed by atoms with Crippen LogP contribution in [0.3, 0.4) is 0 Å². The Labute approximate surface area is 105 Å². The van der Waals surface area contributed by atoms with Crippen molar-refractivity contribution in [1.82, 2.24) is 4.57 Å². The lowest BCUT2D eigenvalue weighted by Gasteiger charge is -2.08. The molecule has 0 unspecified atom stereocenters. The maximum absolute atomic E-state index is 8.77. The number of aryl methyl sites for hydroxylation is 1. The molecule has 1 aromatic heterocycles. The Balaban J connectivity index is 2.08. The summed E-state index contributed by atoms with van der Waals surface area (Å²) in [6.07, 6.45) is 2.00. The summed E-state index contributed by atoms with van der Waals surface area (Å²) in [4.78, 5) is 0. The topological polar surface area (TPSA) is 40.8 Å². The molecule has 0 radical (unpaired) electrons. The summed E-state index contributed by atoms with van der Waals surface area (Å²) in [6, 6.07) is 11.4. The average Bonchev–Trinajstić information content (AvgIpc) is 2.72. The molecule has 1 N–H and O–H groups in total. The zero-order valence-electron chi connectivity index (χ0n) is 9.44. The molecule has 0 saturated heterocycles. The molecule has 0 amide bonds. The zero-order valence-corrected chi connectivity index (χ0v) is 10.2. The van der Waals surface area contributed by atoms with Gasteiger partial charge in [-0.3, -0.25) is 0 Å². The predicted molar refractivity (Wildman–Crippen MR) is 68.9 cm³/mol. The minimum Gasteiger partial charge on any atom is -0.379 e. The number of hydrogen-bond donors (Lipinski definition) is 1. The molecule has 0 aliphatic rings. The second-order valence-electron chi connectivity index (χ2n) is 3.77. The van der Waals surface area contributed by atoms with Gasteiger partial charge >= 0.3 is 0 Å². The lowest BCUT2D eigenvalue weighted by atomic mass is 10.2. The predicted octanol–water partition coefficient (Wildman–Crippen LogP) is 3.16. The molecular formula is C13H12ClN3. The fourth-order valence-corrected chi connectivity index (χ4v) is 1.81. The second-order valence-corrected chi connectivity index (χ2v) is 4.18. The largest absolute Gasteiger partial charge is 0.379 e. The molecule has 0 fully saturated rings. The number of nitrogens with one attached hydrogen (secondary N) is 1. The lowest BCUT2D eigenvalue weighted by molar-refractivity contribution is 0.842. The van der Waals surface area contributed by atoms with E-state index in [-0.39, 0.29) is 0 Å². The number of nitrogens with zero attached hydrogens (tertiary/aromatic N) is 2. The number of hydrogen-bond acceptors (Lipinski definition) is 2. The molecule has 4 heteroatoms. The molecule has 0 bridgehead atoms. The van der Waals surface area contributed by atoms with Crippen LogP contribution >= 0.6 is 11.6 Å². The third-order valence-electron chi connectivity index (χ3n) is 2.61. The first-order valence-electron chi connectivity index (χ1n) is 5.24. The highest BCUT2D eigenvalue weighted by Gasteiger charge is 2.01. The van der Waals surface area contributed by atoms with Crippen LogP contribution < -0.4 is 5.32 Å². The first-order valence-corrected chi connectivity index (χ1v) is 5.62. The van der Waals surface area contributed by atoms with Gasteiger partial charge in [-0.25, -0.2) is 0 Å². The summed E-state index contributed by atoms with van der Waals surface area (Å²) in [5, 5.41) is 12.5. The van der Waals surface area contributed by atoms with Gasteiger partial charge in [-0.1, -0.05) is 11.6 Å². The molecule has 86 valence electrons. The normalized spacial score (nSPS) is 9.94. The Morgan fingerprint density at radius 2 is 2.24 bits per heavy atom. The van der Waals surface area contributed by atoms with E-state index in [9.17, 15) is 0 Å². The number of anilines is 1. The molecule has 0 spiro atoms. The van der Waals surface area contributed by atoms with Crippen molar-refractivity contribution >= 4 is 17.3 Å². The fraction of sp³-hybridized carbons (Fsp3) is 0.154. The lowest BCUT2D eigenvalue weighted by Crippen LogP contribution is -2.03. The van der Waals surface area contributed by atoms with E-state index in [2.05, 4.69) is 16.0 Å². The molecule has 1 aromatic carbocycles. The van der Waals surface area contributed by atoms with Crippen molar-refractivity contribution in [2.45, 2.75) is 6.54 Å². The van der Waals surface area contributed by atoms with Gasteiger partial charge in [-0.2, -0.15) is 5.26 Å². The van der Waals surface area contributed by atoms with Gasteiger partial charge in [-0.15, -0.1) is 0 Å². The van der Waals surface area contributed by atoms with Crippen LogP contribution in [-0.4, -0.2) is 4.57 Å². The highest BCUT2D eigenvalue weighted by Crippen LogP contribution is 2.20. The van der Waals surface area contributed by atoms with Crippen molar-refractivity contribution in [3.63, 3.8) is 0 Å². The summed E-state index contributed by atoms with van der Waals surface area (Å²) in [5.74, 6) is 0. The quantitative estimate of drug-likeness (QED) is 0.902. The van der Waals surface area contributed by atoms with Crippen LogP contribution in [-0.2, 0) is 13.6 Å². The van der Waals surface area contributed by atoms with Gasteiger partial charge in [-0.05, 0) is 30.3 Å². The van der Waals surface area contributed by atoms with Crippen molar-refractivity contribution in [3.8, 4) is 6.07 Å². The molecule has 1 heterocycles. The summed E-state index contributed by atoms with van der Waals surface area (Å²) in [5.41, 5.74) is 2.59.